The molecule has 0 radical (unpaired) electrons. The number of hydrogen-bond donors (Lipinski definition) is 1. The lowest BCUT2D eigenvalue weighted by atomic mass is 10.1. The van der Waals surface area contributed by atoms with Gasteiger partial charge in [0.05, 0.1) is 10.5 Å². The Morgan fingerprint density at radius 3 is 2.55 bits per heavy atom. The fraction of sp³-hybridized carbons (Fsp3) is 0.417. The Balaban J connectivity index is 3.35. The summed E-state index contributed by atoms with van der Waals surface area (Å²) in [7, 11) is -2.28. The Bertz CT molecular complexity index is 616. The van der Waals surface area contributed by atoms with Gasteiger partial charge in [-0.15, -0.1) is 0 Å². The van der Waals surface area contributed by atoms with Crippen LogP contribution < -0.4 is 0 Å². The minimum Gasteiger partial charge on any atom is -0.478 e. The zero-order valence-corrected chi connectivity index (χ0v) is 13.8. The Morgan fingerprint density at radius 2 is 2.05 bits per heavy atom. The number of nitrogens with zero attached hydrogens (tertiary/aromatic N) is 1. The van der Waals surface area contributed by atoms with Crippen LogP contribution in [0.25, 0.3) is 0 Å². The van der Waals surface area contributed by atoms with Crippen LogP contribution in [0.2, 0.25) is 5.02 Å². The third-order valence-corrected chi connectivity index (χ3v) is 5.65. The molecule has 112 valence electrons. The van der Waals surface area contributed by atoms with Gasteiger partial charge in [0, 0.05) is 24.4 Å². The van der Waals surface area contributed by atoms with Crippen LogP contribution in [0.5, 0.6) is 0 Å². The molecule has 0 aliphatic rings. The molecule has 0 amide bonds. The predicted octanol–water partition coefficient (Wildman–Crippen LogP) is 2.33. The third-order valence-electron chi connectivity index (χ3n) is 2.85. The average molecular weight is 338 g/mol. The van der Waals surface area contributed by atoms with E-state index in [1.807, 2.05) is 6.26 Å². The summed E-state index contributed by atoms with van der Waals surface area (Å²) in [5.74, 6) is -0.547. The van der Waals surface area contributed by atoms with Crippen molar-refractivity contribution in [2.75, 3.05) is 25.6 Å². The predicted molar refractivity (Wildman–Crippen MR) is 81.3 cm³/mol. The van der Waals surface area contributed by atoms with E-state index in [1.165, 1.54) is 42.2 Å². The topological polar surface area (TPSA) is 74.7 Å². The van der Waals surface area contributed by atoms with E-state index in [0.29, 0.717) is 12.3 Å². The van der Waals surface area contributed by atoms with Gasteiger partial charge in [-0.1, -0.05) is 11.6 Å². The summed E-state index contributed by atoms with van der Waals surface area (Å²) < 4.78 is 26.1. The molecule has 0 heterocycles. The Morgan fingerprint density at radius 1 is 1.45 bits per heavy atom. The maximum absolute atomic E-state index is 12.5. The number of benzene rings is 1. The second-order valence-electron chi connectivity index (χ2n) is 4.20. The summed E-state index contributed by atoms with van der Waals surface area (Å²) in [4.78, 5) is 11.1. The van der Waals surface area contributed by atoms with E-state index in [4.69, 9.17) is 16.7 Å². The molecule has 1 rings (SSSR count). The highest BCUT2D eigenvalue weighted by Crippen LogP contribution is 2.26. The van der Waals surface area contributed by atoms with Crippen LogP contribution in [0.1, 0.15) is 15.9 Å². The number of carbonyl (C=O) groups is 1. The molecule has 1 aromatic carbocycles. The van der Waals surface area contributed by atoms with Gasteiger partial charge < -0.3 is 5.11 Å². The van der Waals surface area contributed by atoms with Gasteiger partial charge in [-0.2, -0.15) is 11.8 Å². The molecule has 0 unspecified atom stereocenters. The van der Waals surface area contributed by atoms with Crippen LogP contribution >= 0.6 is 23.4 Å². The molecule has 20 heavy (non-hydrogen) atoms. The maximum Gasteiger partial charge on any atom is 0.336 e. The summed E-state index contributed by atoms with van der Waals surface area (Å²) in [5, 5.41) is 9.18. The minimum absolute atomic E-state index is 0.0639. The number of carboxylic acid groups (broad SMARTS) is 1. The number of hydrogen-bond acceptors (Lipinski definition) is 4. The second-order valence-corrected chi connectivity index (χ2v) is 7.64. The number of sulfonamides is 1. The lowest BCUT2D eigenvalue weighted by Gasteiger charge is -2.19. The quantitative estimate of drug-likeness (QED) is 0.862. The van der Waals surface area contributed by atoms with Crippen molar-refractivity contribution >= 4 is 39.4 Å². The van der Waals surface area contributed by atoms with Gasteiger partial charge in [0.15, 0.2) is 0 Å². The largest absolute Gasteiger partial charge is 0.478 e. The molecule has 0 spiro atoms. The van der Waals surface area contributed by atoms with Gasteiger partial charge in [-0.05, 0) is 30.9 Å². The highest BCUT2D eigenvalue weighted by molar-refractivity contribution is 7.98. The second kappa shape index (κ2) is 6.80. The van der Waals surface area contributed by atoms with Crippen molar-refractivity contribution < 1.29 is 18.3 Å². The summed E-state index contributed by atoms with van der Waals surface area (Å²) in [6.45, 7) is 1.81. The van der Waals surface area contributed by atoms with Gasteiger partial charge in [0.1, 0.15) is 0 Å². The molecule has 0 saturated carbocycles. The molecule has 1 N–H and O–H groups in total. The van der Waals surface area contributed by atoms with E-state index < -0.39 is 16.0 Å². The Hall–Kier alpha value is -0.760. The summed E-state index contributed by atoms with van der Waals surface area (Å²) >= 11 is 7.36. The summed E-state index contributed by atoms with van der Waals surface area (Å²) in [5.41, 5.74) is 0.0900. The van der Waals surface area contributed by atoms with Crippen molar-refractivity contribution in [1.29, 1.82) is 0 Å². The fourth-order valence-electron chi connectivity index (χ4n) is 1.65. The molecule has 0 saturated heterocycles. The van der Waals surface area contributed by atoms with Crippen molar-refractivity contribution in [1.82, 2.24) is 4.31 Å². The van der Waals surface area contributed by atoms with Crippen LogP contribution in [0.4, 0.5) is 0 Å². The fourth-order valence-corrected chi connectivity index (χ4v) is 3.95. The first-order chi connectivity index (χ1) is 9.21. The van der Waals surface area contributed by atoms with Crippen molar-refractivity contribution in [2.45, 2.75) is 11.8 Å². The van der Waals surface area contributed by atoms with Gasteiger partial charge in [-0.25, -0.2) is 17.5 Å². The first kappa shape index (κ1) is 17.3. The van der Waals surface area contributed by atoms with E-state index in [1.54, 1.807) is 0 Å². The molecule has 0 atom stereocenters. The number of carboxylic acids is 1. The molecular weight excluding hydrogens is 322 g/mol. The monoisotopic (exact) mass is 337 g/mol. The SMILES string of the molecule is CSCCN(C)S(=O)(=O)c1cc(Cl)cc(C(=O)O)c1C. The van der Waals surface area contributed by atoms with Gasteiger partial charge in [0.2, 0.25) is 10.0 Å². The van der Waals surface area contributed by atoms with Crippen LogP contribution in [-0.2, 0) is 10.0 Å². The van der Waals surface area contributed by atoms with E-state index >= 15 is 0 Å². The molecule has 0 aliphatic carbocycles. The van der Waals surface area contributed by atoms with Crippen molar-refractivity contribution in [3.63, 3.8) is 0 Å². The van der Waals surface area contributed by atoms with Crippen LogP contribution in [0.15, 0.2) is 17.0 Å². The number of halogens is 1. The van der Waals surface area contributed by atoms with Gasteiger partial charge >= 0.3 is 5.97 Å². The van der Waals surface area contributed by atoms with E-state index in [9.17, 15) is 13.2 Å². The molecule has 0 bridgehead atoms. The lowest BCUT2D eigenvalue weighted by molar-refractivity contribution is 0.0696. The number of aromatic carboxylic acids is 1. The summed E-state index contributed by atoms with van der Waals surface area (Å²) in [6.07, 6.45) is 1.88. The van der Waals surface area contributed by atoms with E-state index in [2.05, 4.69) is 0 Å². The van der Waals surface area contributed by atoms with Crippen LogP contribution in [0.3, 0.4) is 0 Å². The molecule has 1 aromatic rings. The first-order valence-corrected chi connectivity index (χ1v) is 8.91. The van der Waals surface area contributed by atoms with E-state index in [0.717, 1.165) is 0 Å². The number of thioether (sulfide) groups is 1. The lowest BCUT2D eigenvalue weighted by Crippen LogP contribution is -2.30. The van der Waals surface area contributed by atoms with E-state index in [-0.39, 0.29) is 21.0 Å². The van der Waals surface area contributed by atoms with Crippen LogP contribution in [0, 0.1) is 6.92 Å². The zero-order valence-electron chi connectivity index (χ0n) is 11.4. The van der Waals surface area contributed by atoms with Gasteiger partial charge in [0.25, 0.3) is 0 Å². The molecule has 0 fully saturated rings. The van der Waals surface area contributed by atoms with Crippen molar-refractivity contribution in [3.05, 3.63) is 28.3 Å². The molecule has 5 nitrogen and oxygen atoms in total. The molecule has 0 aromatic heterocycles. The number of rotatable bonds is 6. The zero-order chi connectivity index (χ0) is 15.5. The molecule has 0 aliphatic heterocycles. The third kappa shape index (κ3) is 3.66. The summed E-state index contributed by atoms with van der Waals surface area (Å²) in [6, 6.07) is 2.54. The highest BCUT2D eigenvalue weighted by atomic mass is 35.5. The first-order valence-electron chi connectivity index (χ1n) is 5.70. The maximum atomic E-state index is 12.5. The molecular formula is C12H16ClNO4S2. The van der Waals surface area contributed by atoms with Crippen molar-refractivity contribution in [2.24, 2.45) is 0 Å². The molecule has 8 heteroatoms. The normalized spacial score (nSPS) is 11.8. The standard InChI is InChI=1S/C12H16ClNO4S2/c1-8-10(12(15)16)6-9(13)7-11(8)20(17,18)14(2)4-5-19-3/h6-7H,4-5H2,1-3H3,(H,15,16). The highest BCUT2D eigenvalue weighted by Gasteiger charge is 2.25. The average Bonchev–Trinajstić information content (AvgIpc) is 2.37. The smallest absolute Gasteiger partial charge is 0.336 e. The Labute approximate surface area is 128 Å². The van der Waals surface area contributed by atoms with Crippen molar-refractivity contribution in [3.8, 4) is 0 Å². The minimum atomic E-state index is -3.75. The van der Waals surface area contributed by atoms with Crippen LogP contribution in [-0.4, -0.2) is 49.4 Å². The Kier molecular flexibility index (Phi) is 5.88. The van der Waals surface area contributed by atoms with Gasteiger partial charge in [-0.3, -0.25) is 0 Å².